The number of rotatable bonds is 3. The Labute approximate surface area is 130 Å². The van der Waals surface area contributed by atoms with Gasteiger partial charge < -0.3 is 5.73 Å². The van der Waals surface area contributed by atoms with E-state index in [2.05, 4.69) is 23.9 Å². The molecule has 1 aromatic heterocycles. The van der Waals surface area contributed by atoms with Gasteiger partial charge in [-0.3, -0.25) is 14.8 Å². The van der Waals surface area contributed by atoms with Gasteiger partial charge in [0.25, 0.3) is 0 Å². The maximum absolute atomic E-state index is 12.4. The van der Waals surface area contributed by atoms with Gasteiger partial charge in [-0.25, -0.2) is 0 Å². The molecule has 2 saturated carbocycles. The Morgan fingerprint density at radius 2 is 2.18 bits per heavy atom. The number of aromatic nitrogens is 1. The number of pyridine rings is 1. The molecule has 116 valence electrons. The van der Waals surface area contributed by atoms with E-state index in [9.17, 15) is 4.79 Å². The summed E-state index contributed by atoms with van der Waals surface area (Å²) in [5, 5.41) is 6.64. The van der Waals surface area contributed by atoms with Crippen LogP contribution in [0.25, 0.3) is 0 Å². The van der Waals surface area contributed by atoms with E-state index in [0.717, 1.165) is 24.9 Å². The summed E-state index contributed by atoms with van der Waals surface area (Å²) in [6.45, 7) is 5.38. The van der Waals surface area contributed by atoms with E-state index in [4.69, 9.17) is 5.73 Å². The predicted molar refractivity (Wildman–Crippen MR) is 84.0 cm³/mol. The summed E-state index contributed by atoms with van der Waals surface area (Å²) >= 11 is 0. The average Bonchev–Trinajstić information content (AvgIpc) is 2.95. The lowest BCUT2D eigenvalue weighted by Gasteiger charge is -2.44. The quantitative estimate of drug-likeness (QED) is 0.865. The fourth-order valence-electron chi connectivity index (χ4n) is 5.47. The van der Waals surface area contributed by atoms with E-state index >= 15 is 0 Å². The third kappa shape index (κ3) is 1.33. The first-order valence-electron chi connectivity index (χ1n) is 7.96. The Morgan fingerprint density at radius 3 is 2.82 bits per heavy atom. The van der Waals surface area contributed by atoms with Crippen molar-refractivity contribution in [3.05, 3.63) is 30.1 Å². The number of hydrogen-bond acceptors (Lipinski definition) is 4. The minimum absolute atomic E-state index is 0.0634. The molecule has 5 nitrogen and oxygen atoms in total. The molecule has 3 fully saturated rings. The van der Waals surface area contributed by atoms with Crippen molar-refractivity contribution in [1.82, 2.24) is 9.99 Å². The first-order chi connectivity index (χ1) is 10.4. The van der Waals surface area contributed by atoms with Crippen LogP contribution in [0.4, 0.5) is 0 Å². The van der Waals surface area contributed by atoms with Gasteiger partial charge >= 0.3 is 0 Å². The SMILES string of the molecule is C[C@@]12CC[C@@H]3C[C@@]1(C(N)=O)N(/N=C\c1ccncc1)C[C@@]32C. The Hall–Kier alpha value is -1.91. The van der Waals surface area contributed by atoms with Crippen LogP contribution in [0.5, 0.6) is 0 Å². The van der Waals surface area contributed by atoms with E-state index < -0.39 is 5.54 Å². The van der Waals surface area contributed by atoms with Gasteiger partial charge in [-0.15, -0.1) is 0 Å². The van der Waals surface area contributed by atoms with Crippen molar-refractivity contribution in [2.24, 2.45) is 27.6 Å². The van der Waals surface area contributed by atoms with Gasteiger partial charge in [0.1, 0.15) is 5.54 Å². The Morgan fingerprint density at radius 1 is 1.45 bits per heavy atom. The van der Waals surface area contributed by atoms with Crippen LogP contribution >= 0.6 is 0 Å². The number of amides is 1. The molecule has 0 aromatic carbocycles. The topological polar surface area (TPSA) is 71.6 Å². The number of hydrazone groups is 1. The molecule has 0 unspecified atom stereocenters. The molecule has 2 heterocycles. The molecule has 0 radical (unpaired) electrons. The number of hydrogen-bond donors (Lipinski definition) is 1. The lowest BCUT2D eigenvalue weighted by atomic mass is 9.65. The minimum Gasteiger partial charge on any atom is -0.368 e. The zero-order valence-electron chi connectivity index (χ0n) is 13.1. The second kappa shape index (κ2) is 4.09. The van der Waals surface area contributed by atoms with E-state index in [1.807, 2.05) is 23.4 Å². The van der Waals surface area contributed by atoms with E-state index in [1.165, 1.54) is 6.42 Å². The summed E-state index contributed by atoms with van der Waals surface area (Å²) in [5.41, 5.74) is 6.34. The molecular formula is C17H22N4O. The molecule has 1 saturated heterocycles. The third-order valence-electron chi connectivity index (χ3n) is 6.99. The molecule has 2 N–H and O–H groups in total. The van der Waals surface area contributed by atoms with E-state index in [0.29, 0.717) is 5.92 Å². The lowest BCUT2D eigenvalue weighted by molar-refractivity contribution is -0.135. The van der Waals surface area contributed by atoms with Gasteiger partial charge in [0.05, 0.1) is 6.21 Å². The molecule has 22 heavy (non-hydrogen) atoms. The molecule has 0 spiro atoms. The molecule has 1 aromatic rings. The zero-order chi connectivity index (χ0) is 15.6. The van der Waals surface area contributed by atoms with Crippen molar-refractivity contribution in [3.8, 4) is 0 Å². The average molecular weight is 298 g/mol. The van der Waals surface area contributed by atoms with Gasteiger partial charge in [0, 0.05) is 24.4 Å². The lowest BCUT2D eigenvalue weighted by Crippen LogP contribution is -2.60. The molecule has 1 amide bonds. The summed E-state index contributed by atoms with van der Waals surface area (Å²) < 4.78 is 0. The highest BCUT2D eigenvalue weighted by Crippen LogP contribution is 2.75. The highest BCUT2D eigenvalue weighted by Gasteiger charge is 2.80. The van der Waals surface area contributed by atoms with Crippen LogP contribution in [0.3, 0.4) is 0 Å². The molecule has 4 atom stereocenters. The van der Waals surface area contributed by atoms with Crippen molar-refractivity contribution >= 4 is 12.1 Å². The number of piperidine rings is 1. The molecule has 1 aliphatic heterocycles. The monoisotopic (exact) mass is 298 g/mol. The summed E-state index contributed by atoms with van der Waals surface area (Å²) in [5.74, 6) is 0.380. The van der Waals surface area contributed by atoms with Crippen molar-refractivity contribution in [3.63, 3.8) is 0 Å². The Bertz CT molecular complexity index is 660. The standard InChI is InChI=1S/C17H22N4O/c1-15-11-21(20-10-12-4-7-19-8-5-12)17(14(18)22)9-13(15)3-6-16(15,17)2/h4-5,7-8,10,13H,3,6,9,11H2,1-2H3,(H2,18,22)/b20-10-/t13-,15+,16+,17+/m1/s1. The van der Waals surface area contributed by atoms with Crippen LogP contribution in [0, 0.1) is 16.7 Å². The fraction of sp³-hybridized carbons (Fsp3) is 0.588. The van der Waals surface area contributed by atoms with Crippen LogP contribution in [0.1, 0.15) is 38.7 Å². The van der Waals surface area contributed by atoms with Crippen LogP contribution in [-0.4, -0.2) is 34.2 Å². The summed E-state index contributed by atoms with van der Waals surface area (Å²) in [6.07, 6.45) is 8.43. The molecular weight excluding hydrogens is 276 g/mol. The molecule has 2 aliphatic carbocycles. The van der Waals surface area contributed by atoms with Crippen LogP contribution in [0.2, 0.25) is 0 Å². The van der Waals surface area contributed by atoms with Gasteiger partial charge in [-0.1, -0.05) is 13.8 Å². The van der Waals surface area contributed by atoms with E-state index in [1.54, 1.807) is 12.4 Å². The minimum atomic E-state index is -0.617. The summed E-state index contributed by atoms with van der Waals surface area (Å²) in [4.78, 5) is 16.4. The maximum atomic E-state index is 12.4. The zero-order valence-corrected chi connectivity index (χ0v) is 13.1. The van der Waals surface area contributed by atoms with Gasteiger partial charge in [-0.05, 0) is 48.3 Å². The summed E-state index contributed by atoms with van der Waals surface area (Å²) in [7, 11) is 0. The first-order valence-corrected chi connectivity index (χ1v) is 7.96. The van der Waals surface area contributed by atoms with Crippen molar-refractivity contribution in [2.75, 3.05) is 6.54 Å². The van der Waals surface area contributed by atoms with Gasteiger partial charge in [-0.2, -0.15) is 5.10 Å². The van der Waals surface area contributed by atoms with Gasteiger partial charge in [0.2, 0.25) is 5.91 Å². The van der Waals surface area contributed by atoms with Gasteiger partial charge in [0.15, 0.2) is 0 Å². The second-order valence-corrected chi connectivity index (χ2v) is 7.50. The third-order valence-corrected chi connectivity index (χ3v) is 6.99. The largest absolute Gasteiger partial charge is 0.368 e. The molecule has 4 rings (SSSR count). The molecule has 3 aliphatic rings. The van der Waals surface area contributed by atoms with E-state index in [-0.39, 0.29) is 16.7 Å². The number of nitrogens with two attached hydrogens (primary N) is 1. The fourth-order valence-corrected chi connectivity index (χ4v) is 5.47. The number of nitrogens with zero attached hydrogens (tertiary/aromatic N) is 3. The van der Waals surface area contributed by atoms with Crippen LogP contribution in [0.15, 0.2) is 29.6 Å². The highest BCUT2D eigenvalue weighted by molar-refractivity contribution is 5.88. The van der Waals surface area contributed by atoms with Crippen molar-refractivity contribution in [1.29, 1.82) is 0 Å². The number of carbonyl (C=O) groups excluding carboxylic acids is 1. The smallest absolute Gasteiger partial charge is 0.245 e. The molecule has 4 bridgehead atoms. The molecule has 5 heteroatoms. The maximum Gasteiger partial charge on any atom is 0.245 e. The Balaban J connectivity index is 1.74. The Kier molecular flexibility index (Phi) is 2.55. The summed E-state index contributed by atoms with van der Waals surface area (Å²) in [6, 6.07) is 3.81. The number of primary amides is 1. The van der Waals surface area contributed by atoms with Crippen molar-refractivity contribution < 1.29 is 4.79 Å². The van der Waals surface area contributed by atoms with Crippen molar-refractivity contribution in [2.45, 2.75) is 38.6 Å². The predicted octanol–water partition coefficient (Wildman–Crippen LogP) is 1.78. The normalized spacial score (nSPS) is 42.5. The highest BCUT2D eigenvalue weighted by atomic mass is 16.2. The number of carbonyl (C=O) groups is 1. The first kappa shape index (κ1) is 13.7. The van der Waals surface area contributed by atoms with Crippen LogP contribution < -0.4 is 5.73 Å². The van der Waals surface area contributed by atoms with Crippen LogP contribution in [-0.2, 0) is 4.79 Å². The second-order valence-electron chi connectivity index (χ2n) is 7.50.